The van der Waals surface area contributed by atoms with Crippen LogP contribution in [0.2, 0.25) is 0 Å². The summed E-state index contributed by atoms with van der Waals surface area (Å²) in [5.41, 5.74) is 3.38. The number of imide groups is 1. The number of hydrogen-bond acceptors (Lipinski definition) is 5. The van der Waals surface area contributed by atoms with Crippen LogP contribution in [0.3, 0.4) is 0 Å². The van der Waals surface area contributed by atoms with Gasteiger partial charge in [-0.2, -0.15) is 0 Å². The van der Waals surface area contributed by atoms with Crippen LogP contribution in [0.25, 0.3) is 0 Å². The van der Waals surface area contributed by atoms with Crippen molar-refractivity contribution >= 4 is 35.1 Å². The van der Waals surface area contributed by atoms with Crippen molar-refractivity contribution in [1.82, 2.24) is 0 Å². The Balaban J connectivity index is 1.36. The molecule has 172 valence electrons. The van der Waals surface area contributed by atoms with Crippen LogP contribution >= 0.6 is 0 Å². The highest BCUT2D eigenvalue weighted by Gasteiger charge is 2.49. The Morgan fingerprint density at radius 2 is 1.61 bits per heavy atom. The Morgan fingerprint density at radius 3 is 2.27 bits per heavy atom. The Labute approximate surface area is 193 Å². The molecule has 4 rings (SSSR count). The summed E-state index contributed by atoms with van der Waals surface area (Å²) in [5.74, 6) is -1.46. The van der Waals surface area contributed by atoms with Gasteiger partial charge in [-0.05, 0) is 86.6 Å². The SMILES string of the molecule is Cc1cc(C)cc(NC(=O)COC(=O)c2ccc(N3C(=O)[C@@H]4CC[C@@H](C)C[C@H]4C3=O)cc2)c1. The molecule has 7 heteroatoms. The van der Waals surface area contributed by atoms with E-state index in [4.69, 9.17) is 4.74 Å². The molecule has 2 aromatic carbocycles. The van der Waals surface area contributed by atoms with Crippen LogP contribution < -0.4 is 10.2 Å². The van der Waals surface area contributed by atoms with E-state index >= 15 is 0 Å². The first kappa shape index (κ1) is 22.7. The van der Waals surface area contributed by atoms with Gasteiger partial charge in [-0.15, -0.1) is 0 Å². The molecule has 33 heavy (non-hydrogen) atoms. The van der Waals surface area contributed by atoms with Gasteiger partial charge in [0.2, 0.25) is 11.8 Å². The van der Waals surface area contributed by atoms with Gasteiger partial charge in [-0.25, -0.2) is 4.79 Å². The number of ether oxygens (including phenoxy) is 1. The van der Waals surface area contributed by atoms with Crippen LogP contribution in [-0.2, 0) is 19.1 Å². The standard InChI is InChI=1S/C26H28N2O5/c1-15-4-9-21-22(13-15)25(31)28(24(21)30)20-7-5-18(6-8-20)26(32)33-14-23(29)27-19-11-16(2)10-17(3)12-19/h5-8,10-12,15,21-22H,4,9,13-14H2,1-3H3,(H,27,29)/t15-,21-,22-/m1/s1. The second-order valence-electron chi connectivity index (χ2n) is 9.19. The molecule has 3 atom stereocenters. The van der Waals surface area contributed by atoms with Gasteiger partial charge in [-0.1, -0.05) is 13.0 Å². The molecule has 1 saturated heterocycles. The summed E-state index contributed by atoms with van der Waals surface area (Å²) in [5, 5.41) is 2.72. The molecule has 0 spiro atoms. The average molecular weight is 449 g/mol. The fourth-order valence-corrected chi connectivity index (χ4v) is 4.85. The summed E-state index contributed by atoms with van der Waals surface area (Å²) in [6, 6.07) is 11.8. The summed E-state index contributed by atoms with van der Waals surface area (Å²) >= 11 is 0. The highest BCUT2D eigenvalue weighted by Crippen LogP contribution is 2.42. The van der Waals surface area contributed by atoms with Crippen LogP contribution in [0.5, 0.6) is 0 Å². The summed E-state index contributed by atoms with van der Waals surface area (Å²) in [6.07, 6.45) is 2.43. The van der Waals surface area contributed by atoms with Crippen molar-refractivity contribution in [3.8, 4) is 0 Å². The van der Waals surface area contributed by atoms with Crippen molar-refractivity contribution in [3.05, 3.63) is 59.2 Å². The fourth-order valence-electron chi connectivity index (χ4n) is 4.85. The normalized spacial score (nSPS) is 22.2. The molecule has 2 fully saturated rings. The first-order chi connectivity index (χ1) is 15.7. The first-order valence-corrected chi connectivity index (χ1v) is 11.3. The second-order valence-corrected chi connectivity index (χ2v) is 9.19. The topological polar surface area (TPSA) is 92.8 Å². The molecule has 1 aliphatic heterocycles. The monoisotopic (exact) mass is 448 g/mol. The van der Waals surface area contributed by atoms with Crippen LogP contribution in [0.4, 0.5) is 11.4 Å². The number of carbonyl (C=O) groups excluding carboxylic acids is 4. The lowest BCUT2D eigenvalue weighted by molar-refractivity contribution is -0.122. The minimum absolute atomic E-state index is 0.157. The second kappa shape index (κ2) is 9.17. The van der Waals surface area contributed by atoms with Gasteiger partial charge < -0.3 is 10.1 Å². The molecule has 3 amide bonds. The van der Waals surface area contributed by atoms with Gasteiger partial charge >= 0.3 is 5.97 Å². The molecule has 0 aromatic heterocycles. The van der Waals surface area contributed by atoms with Gasteiger partial charge in [0.1, 0.15) is 0 Å². The van der Waals surface area contributed by atoms with E-state index in [0.29, 0.717) is 17.3 Å². The van der Waals surface area contributed by atoms with Crippen LogP contribution in [0, 0.1) is 31.6 Å². The number of hydrogen-bond donors (Lipinski definition) is 1. The van der Waals surface area contributed by atoms with E-state index in [9.17, 15) is 19.2 Å². The number of nitrogens with one attached hydrogen (secondary N) is 1. The lowest BCUT2D eigenvalue weighted by Gasteiger charge is -2.25. The molecule has 1 aliphatic carbocycles. The lowest BCUT2D eigenvalue weighted by Crippen LogP contribution is -2.30. The summed E-state index contributed by atoms with van der Waals surface area (Å²) in [4.78, 5) is 51.4. The Morgan fingerprint density at radius 1 is 0.970 bits per heavy atom. The minimum atomic E-state index is -0.654. The number of rotatable bonds is 5. The number of amides is 3. The number of fused-ring (bicyclic) bond motifs is 1. The van der Waals surface area contributed by atoms with Gasteiger partial charge in [0, 0.05) is 5.69 Å². The van der Waals surface area contributed by atoms with Crippen molar-refractivity contribution < 1.29 is 23.9 Å². The largest absolute Gasteiger partial charge is 0.452 e. The van der Waals surface area contributed by atoms with Crippen LogP contribution in [0.1, 0.15) is 47.7 Å². The van der Waals surface area contributed by atoms with E-state index in [1.165, 1.54) is 17.0 Å². The van der Waals surface area contributed by atoms with Gasteiger partial charge in [0.05, 0.1) is 23.1 Å². The third kappa shape index (κ3) is 4.82. The summed E-state index contributed by atoms with van der Waals surface area (Å²) in [7, 11) is 0. The molecule has 7 nitrogen and oxygen atoms in total. The van der Waals surface area contributed by atoms with E-state index in [-0.39, 0.29) is 29.2 Å². The average Bonchev–Trinajstić information content (AvgIpc) is 3.01. The molecule has 1 saturated carbocycles. The Hall–Kier alpha value is -3.48. The number of carbonyl (C=O) groups is 4. The summed E-state index contributed by atoms with van der Waals surface area (Å²) < 4.78 is 5.12. The number of anilines is 2. The highest BCUT2D eigenvalue weighted by atomic mass is 16.5. The maximum Gasteiger partial charge on any atom is 0.338 e. The Bertz CT molecular complexity index is 1090. The molecule has 2 aliphatic rings. The van der Waals surface area contributed by atoms with Crippen molar-refractivity contribution in [2.24, 2.45) is 17.8 Å². The number of esters is 1. The number of aryl methyl sites for hydroxylation is 2. The molecule has 0 bridgehead atoms. The van der Waals surface area contributed by atoms with Gasteiger partial charge in [0.15, 0.2) is 6.61 Å². The number of nitrogens with zero attached hydrogens (tertiary/aromatic N) is 1. The maximum absolute atomic E-state index is 12.9. The number of benzene rings is 2. The van der Waals surface area contributed by atoms with Gasteiger partial charge in [-0.3, -0.25) is 19.3 Å². The van der Waals surface area contributed by atoms with E-state index in [1.54, 1.807) is 12.1 Å². The smallest absolute Gasteiger partial charge is 0.338 e. The van der Waals surface area contributed by atoms with Crippen molar-refractivity contribution in [2.45, 2.75) is 40.0 Å². The predicted molar refractivity (Wildman–Crippen MR) is 124 cm³/mol. The molecule has 1 N–H and O–H groups in total. The molecule has 0 unspecified atom stereocenters. The van der Waals surface area contributed by atoms with E-state index in [0.717, 1.165) is 30.4 Å². The van der Waals surface area contributed by atoms with Gasteiger partial charge in [0.25, 0.3) is 5.91 Å². The summed E-state index contributed by atoms with van der Waals surface area (Å²) in [6.45, 7) is 5.56. The zero-order chi connectivity index (χ0) is 23.7. The lowest BCUT2D eigenvalue weighted by atomic mass is 9.76. The highest BCUT2D eigenvalue weighted by molar-refractivity contribution is 6.22. The zero-order valence-corrected chi connectivity index (χ0v) is 19.1. The van der Waals surface area contributed by atoms with E-state index in [1.807, 2.05) is 32.0 Å². The van der Waals surface area contributed by atoms with Crippen LogP contribution in [-0.4, -0.2) is 30.3 Å². The molecule has 2 aromatic rings. The van der Waals surface area contributed by atoms with Crippen LogP contribution in [0.15, 0.2) is 42.5 Å². The van der Waals surface area contributed by atoms with Crippen molar-refractivity contribution in [2.75, 3.05) is 16.8 Å². The third-order valence-corrected chi connectivity index (χ3v) is 6.39. The fraction of sp³-hybridized carbons (Fsp3) is 0.385. The molecule has 1 heterocycles. The molecular formula is C26H28N2O5. The molecular weight excluding hydrogens is 420 g/mol. The quantitative estimate of drug-likeness (QED) is 0.551. The van der Waals surface area contributed by atoms with Crippen molar-refractivity contribution in [3.63, 3.8) is 0 Å². The minimum Gasteiger partial charge on any atom is -0.452 e. The van der Waals surface area contributed by atoms with E-state index < -0.39 is 18.5 Å². The van der Waals surface area contributed by atoms with E-state index in [2.05, 4.69) is 12.2 Å². The van der Waals surface area contributed by atoms with Crippen molar-refractivity contribution in [1.29, 1.82) is 0 Å². The first-order valence-electron chi connectivity index (χ1n) is 11.3. The maximum atomic E-state index is 12.9. The molecule has 0 radical (unpaired) electrons. The predicted octanol–water partition coefficient (Wildman–Crippen LogP) is 4.02. The third-order valence-electron chi connectivity index (χ3n) is 6.39. The zero-order valence-electron chi connectivity index (χ0n) is 19.1. The Kier molecular flexibility index (Phi) is 6.31.